The van der Waals surface area contributed by atoms with E-state index in [4.69, 9.17) is 16.3 Å². The lowest BCUT2D eigenvalue weighted by Gasteiger charge is -2.17. The average molecular weight is 533 g/mol. The minimum Gasteiger partial charge on any atom is -0.387 e. The first kappa shape index (κ1) is 24.5. The second kappa shape index (κ2) is 9.83. The number of aliphatic hydroxyl groups is 1. The molecule has 3 N–H and O–H groups in total. The molecule has 6 rings (SSSR count). The van der Waals surface area contributed by atoms with Crippen molar-refractivity contribution in [2.45, 2.75) is 31.5 Å². The molecule has 0 saturated carbocycles. The summed E-state index contributed by atoms with van der Waals surface area (Å²) in [5.41, 5.74) is 3.71. The largest absolute Gasteiger partial charge is 0.387 e. The number of ether oxygens (including phenoxy) is 1. The smallest absolute Gasteiger partial charge is 0.261 e. The van der Waals surface area contributed by atoms with Gasteiger partial charge in [-0.2, -0.15) is 0 Å². The number of amides is 2. The van der Waals surface area contributed by atoms with Gasteiger partial charge in [0, 0.05) is 30.8 Å². The SMILES string of the molecule is O=C1c2cc3c(cc2C(=O)N1C[C@@H]1CCCO1)N=C(c1c(NC[C@@H](O)c2cccc(Cl)c2)cc[nH]c1=O)C3. The number of anilines is 1. The van der Waals surface area contributed by atoms with Crippen LogP contribution in [0.25, 0.3) is 0 Å². The molecule has 3 aliphatic heterocycles. The summed E-state index contributed by atoms with van der Waals surface area (Å²) in [6.07, 6.45) is 2.64. The van der Waals surface area contributed by atoms with Gasteiger partial charge in [0.25, 0.3) is 17.4 Å². The number of aromatic amines is 1. The third-order valence-corrected chi connectivity index (χ3v) is 7.40. The highest BCUT2D eigenvalue weighted by molar-refractivity contribution is 6.30. The molecular weight excluding hydrogens is 508 g/mol. The lowest BCUT2D eigenvalue weighted by Crippen LogP contribution is -2.36. The molecule has 0 radical (unpaired) electrons. The minimum atomic E-state index is -0.846. The summed E-state index contributed by atoms with van der Waals surface area (Å²) < 4.78 is 5.61. The quantitative estimate of drug-likeness (QED) is 0.399. The predicted octanol–water partition coefficient (Wildman–Crippen LogP) is 3.63. The van der Waals surface area contributed by atoms with E-state index >= 15 is 0 Å². The van der Waals surface area contributed by atoms with E-state index in [1.165, 1.54) is 11.1 Å². The van der Waals surface area contributed by atoms with Crippen molar-refractivity contribution in [1.29, 1.82) is 0 Å². The molecule has 2 aromatic carbocycles. The van der Waals surface area contributed by atoms with Gasteiger partial charge in [-0.3, -0.25) is 24.3 Å². The normalized spacial score (nSPS) is 18.9. The molecule has 2 atom stereocenters. The highest BCUT2D eigenvalue weighted by atomic mass is 35.5. The summed E-state index contributed by atoms with van der Waals surface area (Å²) in [4.78, 5) is 47.6. The van der Waals surface area contributed by atoms with E-state index in [9.17, 15) is 19.5 Å². The van der Waals surface area contributed by atoms with Crippen LogP contribution in [-0.2, 0) is 11.2 Å². The van der Waals surface area contributed by atoms with Gasteiger partial charge in [0.1, 0.15) is 0 Å². The molecule has 4 heterocycles. The van der Waals surface area contributed by atoms with Crippen LogP contribution in [0, 0.1) is 0 Å². The lowest BCUT2D eigenvalue weighted by molar-refractivity contribution is 0.0475. The second-order valence-electron chi connectivity index (χ2n) is 9.66. The fourth-order valence-electron chi connectivity index (χ4n) is 5.23. The lowest BCUT2D eigenvalue weighted by atomic mass is 10.00. The Bertz CT molecular complexity index is 1540. The molecule has 0 aliphatic carbocycles. The summed E-state index contributed by atoms with van der Waals surface area (Å²) in [6, 6.07) is 12.0. The zero-order chi connectivity index (χ0) is 26.4. The number of imide groups is 1. The van der Waals surface area contributed by atoms with Crippen molar-refractivity contribution >= 4 is 40.5 Å². The van der Waals surface area contributed by atoms with Crippen molar-refractivity contribution in [3.8, 4) is 0 Å². The van der Waals surface area contributed by atoms with Gasteiger partial charge in [0.2, 0.25) is 0 Å². The first-order valence-electron chi connectivity index (χ1n) is 12.5. The maximum atomic E-state index is 13.1. The first-order chi connectivity index (χ1) is 18.4. The molecule has 0 unspecified atom stereocenters. The number of nitrogens with one attached hydrogen (secondary N) is 2. The number of fused-ring (bicyclic) bond motifs is 2. The third kappa shape index (κ3) is 4.42. The number of aliphatic imine (C=N–C) groups is 1. The van der Waals surface area contributed by atoms with Gasteiger partial charge in [0.05, 0.1) is 52.5 Å². The van der Waals surface area contributed by atoms with Crippen LogP contribution in [-0.4, -0.2) is 58.3 Å². The van der Waals surface area contributed by atoms with E-state index in [-0.39, 0.29) is 36.6 Å². The number of benzene rings is 2. The Balaban J connectivity index is 1.24. The van der Waals surface area contributed by atoms with Gasteiger partial charge in [0.15, 0.2) is 0 Å². The molecule has 1 fully saturated rings. The number of nitrogens with zero attached hydrogens (tertiary/aromatic N) is 2. The van der Waals surface area contributed by atoms with E-state index in [2.05, 4.69) is 15.3 Å². The fraction of sp³-hybridized carbons (Fsp3) is 0.286. The highest BCUT2D eigenvalue weighted by Gasteiger charge is 2.39. The first-order valence-corrected chi connectivity index (χ1v) is 12.9. The van der Waals surface area contributed by atoms with Crippen LogP contribution < -0.4 is 10.9 Å². The molecule has 1 saturated heterocycles. The molecule has 3 aliphatic rings. The van der Waals surface area contributed by atoms with E-state index in [1.54, 1.807) is 42.5 Å². The number of H-pyrrole nitrogens is 1. The minimum absolute atomic E-state index is 0.123. The maximum Gasteiger partial charge on any atom is 0.261 e. The number of rotatable bonds is 7. The van der Waals surface area contributed by atoms with Crippen molar-refractivity contribution in [3.05, 3.63) is 91.9 Å². The topological polar surface area (TPSA) is 124 Å². The van der Waals surface area contributed by atoms with Crippen molar-refractivity contribution in [2.24, 2.45) is 4.99 Å². The van der Waals surface area contributed by atoms with Gasteiger partial charge in [-0.1, -0.05) is 23.7 Å². The van der Waals surface area contributed by atoms with Gasteiger partial charge >= 0.3 is 0 Å². The molecule has 194 valence electrons. The van der Waals surface area contributed by atoms with Crippen molar-refractivity contribution < 1.29 is 19.4 Å². The summed E-state index contributed by atoms with van der Waals surface area (Å²) in [6.45, 7) is 1.05. The zero-order valence-electron chi connectivity index (χ0n) is 20.4. The zero-order valence-corrected chi connectivity index (χ0v) is 21.1. The summed E-state index contributed by atoms with van der Waals surface area (Å²) in [7, 11) is 0. The van der Waals surface area contributed by atoms with Gasteiger partial charge in [-0.25, -0.2) is 0 Å². The van der Waals surface area contributed by atoms with Crippen LogP contribution in [0.3, 0.4) is 0 Å². The van der Waals surface area contributed by atoms with E-state index in [1.807, 2.05) is 0 Å². The Labute approximate surface area is 223 Å². The Morgan fingerprint density at radius 2 is 1.97 bits per heavy atom. The second-order valence-corrected chi connectivity index (χ2v) is 10.1. The standard InChI is InChI=1S/C28H25ClN4O5/c29-17-4-1-3-15(9-17)24(34)13-31-21-6-7-30-26(35)25(21)23-11-16-10-19-20(12-22(16)32-23)28(37)33(27(19)36)14-18-5-2-8-38-18/h1,3-4,6-7,9-10,12,18,24,34H,2,5,8,11,13-14H2,(H2,30,31,35)/t18-,24+/m0/s1. The number of halogens is 1. The molecule has 10 heteroatoms. The number of hydrogen-bond acceptors (Lipinski definition) is 7. The summed E-state index contributed by atoms with van der Waals surface area (Å²) in [5.74, 6) is -0.673. The fourth-order valence-corrected chi connectivity index (χ4v) is 5.43. The molecule has 0 spiro atoms. The molecule has 2 amide bonds. The molecule has 1 aromatic heterocycles. The summed E-state index contributed by atoms with van der Waals surface area (Å²) >= 11 is 6.04. The van der Waals surface area contributed by atoms with Gasteiger partial charge in [-0.15, -0.1) is 0 Å². The van der Waals surface area contributed by atoms with Gasteiger partial charge < -0.3 is 20.1 Å². The van der Waals surface area contributed by atoms with Gasteiger partial charge in [-0.05, 0) is 54.3 Å². The number of aromatic nitrogens is 1. The Morgan fingerprint density at radius 3 is 2.74 bits per heavy atom. The molecule has 38 heavy (non-hydrogen) atoms. The van der Waals surface area contributed by atoms with Crippen molar-refractivity contribution in [3.63, 3.8) is 0 Å². The van der Waals surface area contributed by atoms with Crippen LogP contribution in [0.15, 0.2) is 58.4 Å². The van der Waals surface area contributed by atoms with Crippen LogP contribution in [0.2, 0.25) is 5.02 Å². The molecule has 9 nitrogen and oxygen atoms in total. The number of carbonyl (C=O) groups is 2. The third-order valence-electron chi connectivity index (χ3n) is 7.16. The monoisotopic (exact) mass is 532 g/mol. The van der Waals surface area contributed by atoms with Crippen LogP contribution >= 0.6 is 11.6 Å². The Kier molecular flexibility index (Phi) is 6.35. The van der Waals surface area contributed by atoms with E-state index < -0.39 is 6.10 Å². The molecule has 3 aromatic rings. The predicted molar refractivity (Wildman–Crippen MR) is 143 cm³/mol. The number of pyridine rings is 1. The number of aliphatic hydroxyl groups excluding tert-OH is 1. The number of carbonyl (C=O) groups excluding carboxylic acids is 2. The van der Waals surface area contributed by atoms with E-state index in [0.29, 0.717) is 57.4 Å². The summed E-state index contributed by atoms with van der Waals surface area (Å²) in [5, 5.41) is 14.3. The maximum absolute atomic E-state index is 13.1. The molecular formula is C28H25ClN4O5. The van der Waals surface area contributed by atoms with Crippen LogP contribution in [0.1, 0.15) is 56.4 Å². The van der Waals surface area contributed by atoms with E-state index in [0.717, 1.165) is 18.4 Å². The van der Waals surface area contributed by atoms with Crippen LogP contribution in [0.5, 0.6) is 0 Å². The number of hydrogen-bond donors (Lipinski definition) is 3. The van der Waals surface area contributed by atoms with Crippen LogP contribution in [0.4, 0.5) is 11.4 Å². The highest BCUT2D eigenvalue weighted by Crippen LogP contribution is 2.36. The average Bonchev–Trinajstić information content (AvgIpc) is 3.62. The Morgan fingerprint density at radius 1 is 1.16 bits per heavy atom. The van der Waals surface area contributed by atoms with Crippen molar-refractivity contribution in [2.75, 3.05) is 25.0 Å². The van der Waals surface area contributed by atoms with Crippen molar-refractivity contribution in [1.82, 2.24) is 9.88 Å². The molecule has 0 bridgehead atoms. The Hall–Kier alpha value is -3.79.